The minimum absolute atomic E-state index is 0.0393. The molecule has 0 radical (unpaired) electrons. The molecule has 0 aliphatic carbocycles. The van der Waals surface area contributed by atoms with Gasteiger partial charge in [0.15, 0.2) is 5.52 Å². The first-order valence-corrected chi connectivity index (χ1v) is 9.01. The highest BCUT2D eigenvalue weighted by molar-refractivity contribution is 7.93. The van der Waals surface area contributed by atoms with Crippen LogP contribution in [0.3, 0.4) is 0 Å². The molecule has 132 valence electrons. The first-order chi connectivity index (χ1) is 12.5. The molecule has 0 unspecified atom stereocenters. The zero-order valence-corrected chi connectivity index (χ0v) is 14.0. The molecule has 1 N–H and O–H groups in total. The monoisotopic (exact) mass is 373 g/mol. The summed E-state index contributed by atoms with van der Waals surface area (Å²) in [5.74, 6) is -0.320. The van der Waals surface area contributed by atoms with Crippen molar-refractivity contribution in [3.8, 4) is 0 Å². The zero-order valence-electron chi connectivity index (χ0n) is 13.2. The summed E-state index contributed by atoms with van der Waals surface area (Å²) >= 11 is 0. The molecule has 0 atom stereocenters. The van der Waals surface area contributed by atoms with Crippen LogP contribution in [-0.4, -0.2) is 28.5 Å². The van der Waals surface area contributed by atoms with Crippen LogP contribution in [0.15, 0.2) is 64.4 Å². The van der Waals surface area contributed by atoms with Crippen molar-refractivity contribution in [3.63, 3.8) is 0 Å². The minimum Gasteiger partial charge on any atom is -0.276 e. The summed E-state index contributed by atoms with van der Waals surface area (Å²) in [6.07, 6.45) is 2.93. The van der Waals surface area contributed by atoms with E-state index in [4.69, 9.17) is 0 Å². The van der Waals surface area contributed by atoms with Crippen LogP contribution < -0.4 is 4.72 Å². The molecule has 2 heterocycles. The molecular weight excluding hydrogens is 361 g/mol. The van der Waals surface area contributed by atoms with Crippen LogP contribution in [0.25, 0.3) is 11.0 Å². The third kappa shape index (κ3) is 3.14. The lowest BCUT2D eigenvalue weighted by atomic mass is 10.2. The average Bonchev–Trinajstić information content (AvgIpc) is 3.25. The quantitative estimate of drug-likeness (QED) is 0.576. The Hall–Kier alpha value is -3.27. The second-order valence-corrected chi connectivity index (χ2v) is 7.20. The fourth-order valence-electron chi connectivity index (χ4n) is 2.49. The standard InChI is InChI=1S/C16H12FN5O3S/c17-12-6-4-11(5-7-12)9-22-10-13(8-18-22)21-26(23,24)15-3-1-2-14-16(15)20-25-19-14/h1-8,10,21H,9H2. The number of hydrogen-bond donors (Lipinski definition) is 1. The van der Waals surface area contributed by atoms with Gasteiger partial charge in [0.05, 0.1) is 18.4 Å². The number of nitrogens with one attached hydrogen (secondary N) is 1. The van der Waals surface area contributed by atoms with Gasteiger partial charge in [-0.1, -0.05) is 18.2 Å². The van der Waals surface area contributed by atoms with Crippen LogP contribution in [0.2, 0.25) is 0 Å². The second-order valence-electron chi connectivity index (χ2n) is 5.55. The highest BCUT2D eigenvalue weighted by Gasteiger charge is 2.21. The van der Waals surface area contributed by atoms with E-state index in [-0.39, 0.29) is 16.2 Å². The maximum Gasteiger partial charge on any atom is 0.264 e. The van der Waals surface area contributed by atoms with Gasteiger partial charge < -0.3 is 0 Å². The molecule has 0 saturated carbocycles. The Kier molecular flexibility index (Phi) is 3.88. The van der Waals surface area contributed by atoms with Gasteiger partial charge in [-0.3, -0.25) is 9.40 Å². The number of hydrogen-bond acceptors (Lipinski definition) is 6. The first kappa shape index (κ1) is 16.2. The molecule has 2 aromatic heterocycles. The minimum atomic E-state index is -3.89. The van der Waals surface area contributed by atoms with E-state index in [9.17, 15) is 12.8 Å². The van der Waals surface area contributed by atoms with Crippen LogP contribution in [0, 0.1) is 5.82 Å². The topological polar surface area (TPSA) is 103 Å². The number of fused-ring (bicyclic) bond motifs is 1. The average molecular weight is 373 g/mol. The summed E-state index contributed by atoms with van der Waals surface area (Å²) in [6, 6.07) is 10.6. The maximum absolute atomic E-state index is 12.9. The normalized spacial score (nSPS) is 11.7. The largest absolute Gasteiger partial charge is 0.276 e. The summed E-state index contributed by atoms with van der Waals surface area (Å²) in [4.78, 5) is -0.0393. The molecule has 10 heteroatoms. The summed E-state index contributed by atoms with van der Waals surface area (Å²) in [7, 11) is -3.89. The molecule has 0 spiro atoms. The van der Waals surface area contributed by atoms with Gasteiger partial charge >= 0.3 is 0 Å². The van der Waals surface area contributed by atoms with E-state index in [1.165, 1.54) is 24.4 Å². The van der Waals surface area contributed by atoms with E-state index >= 15 is 0 Å². The Bertz CT molecular complexity index is 1170. The van der Waals surface area contributed by atoms with Crippen molar-refractivity contribution >= 4 is 26.7 Å². The second kappa shape index (κ2) is 6.23. The van der Waals surface area contributed by atoms with Crippen molar-refractivity contribution in [2.75, 3.05) is 4.72 Å². The van der Waals surface area contributed by atoms with Gasteiger partial charge in [0.1, 0.15) is 16.2 Å². The van der Waals surface area contributed by atoms with Gasteiger partial charge in [0.25, 0.3) is 10.0 Å². The number of benzene rings is 2. The van der Waals surface area contributed by atoms with Crippen LogP contribution in [-0.2, 0) is 16.6 Å². The maximum atomic E-state index is 12.9. The number of nitrogens with zero attached hydrogens (tertiary/aromatic N) is 4. The predicted octanol–water partition coefficient (Wildman–Crippen LogP) is 2.41. The van der Waals surface area contributed by atoms with E-state index < -0.39 is 10.0 Å². The summed E-state index contributed by atoms with van der Waals surface area (Å²) in [5.41, 5.74) is 1.63. The molecule has 0 bridgehead atoms. The Morgan fingerprint density at radius 2 is 1.92 bits per heavy atom. The highest BCUT2D eigenvalue weighted by Crippen LogP contribution is 2.22. The molecule has 0 amide bonds. The Morgan fingerprint density at radius 3 is 2.73 bits per heavy atom. The zero-order chi connectivity index (χ0) is 18.1. The van der Waals surface area contributed by atoms with Gasteiger partial charge in [-0.2, -0.15) is 5.10 Å². The number of halogens is 1. The van der Waals surface area contributed by atoms with Crippen LogP contribution in [0.4, 0.5) is 10.1 Å². The summed E-state index contributed by atoms with van der Waals surface area (Å²) < 4.78 is 46.8. The smallest absolute Gasteiger partial charge is 0.264 e. The Morgan fingerprint density at radius 1 is 1.12 bits per heavy atom. The lowest BCUT2D eigenvalue weighted by molar-refractivity contribution is 0.315. The predicted molar refractivity (Wildman–Crippen MR) is 90.3 cm³/mol. The van der Waals surface area contributed by atoms with Gasteiger partial charge in [0, 0.05) is 6.20 Å². The molecule has 4 aromatic rings. The summed E-state index contributed by atoms with van der Waals surface area (Å²) in [6.45, 7) is 0.380. The van der Waals surface area contributed by atoms with Crippen LogP contribution >= 0.6 is 0 Å². The third-order valence-corrected chi connectivity index (χ3v) is 5.09. The van der Waals surface area contributed by atoms with E-state index in [1.54, 1.807) is 35.1 Å². The van der Waals surface area contributed by atoms with Crippen molar-refractivity contribution in [1.82, 2.24) is 20.1 Å². The van der Waals surface area contributed by atoms with Gasteiger partial charge in [-0.15, -0.1) is 0 Å². The highest BCUT2D eigenvalue weighted by atomic mass is 32.2. The van der Waals surface area contributed by atoms with Gasteiger partial charge in [0.2, 0.25) is 0 Å². The van der Waals surface area contributed by atoms with E-state index in [1.807, 2.05) is 0 Å². The fourth-order valence-corrected chi connectivity index (χ4v) is 3.67. The lowest BCUT2D eigenvalue weighted by Gasteiger charge is -2.05. The summed E-state index contributed by atoms with van der Waals surface area (Å²) in [5, 5.41) is 11.4. The Balaban J connectivity index is 1.56. The molecule has 4 rings (SSSR count). The van der Waals surface area contributed by atoms with Gasteiger partial charge in [-0.05, 0) is 40.1 Å². The van der Waals surface area contributed by atoms with Crippen LogP contribution in [0.5, 0.6) is 0 Å². The van der Waals surface area contributed by atoms with Crippen molar-refractivity contribution in [3.05, 3.63) is 66.2 Å². The molecule has 0 saturated heterocycles. The number of aromatic nitrogens is 4. The van der Waals surface area contributed by atoms with Crippen molar-refractivity contribution in [2.45, 2.75) is 11.4 Å². The number of sulfonamides is 1. The Labute approximate surface area is 147 Å². The van der Waals surface area contributed by atoms with Crippen molar-refractivity contribution < 1.29 is 17.4 Å². The van der Waals surface area contributed by atoms with E-state index in [2.05, 4.69) is 24.8 Å². The molecule has 2 aromatic carbocycles. The molecule has 0 aliphatic rings. The SMILES string of the molecule is O=S(=O)(Nc1cnn(Cc2ccc(F)cc2)c1)c1cccc2nonc12. The van der Waals surface area contributed by atoms with Crippen LogP contribution in [0.1, 0.15) is 5.56 Å². The third-order valence-electron chi connectivity index (χ3n) is 3.68. The molecule has 0 fully saturated rings. The van der Waals surface area contributed by atoms with E-state index in [0.717, 1.165) is 5.56 Å². The molecule has 8 nitrogen and oxygen atoms in total. The molecular formula is C16H12FN5O3S. The first-order valence-electron chi connectivity index (χ1n) is 7.52. The fraction of sp³-hybridized carbons (Fsp3) is 0.0625. The number of anilines is 1. The van der Waals surface area contributed by atoms with Crippen molar-refractivity contribution in [1.29, 1.82) is 0 Å². The molecule has 26 heavy (non-hydrogen) atoms. The van der Waals surface area contributed by atoms with E-state index in [0.29, 0.717) is 17.7 Å². The lowest BCUT2D eigenvalue weighted by Crippen LogP contribution is -2.13. The molecule has 0 aliphatic heterocycles. The van der Waals surface area contributed by atoms with Gasteiger partial charge in [-0.25, -0.2) is 17.4 Å². The number of rotatable bonds is 5. The van der Waals surface area contributed by atoms with Crippen molar-refractivity contribution in [2.24, 2.45) is 0 Å².